The third-order valence-corrected chi connectivity index (χ3v) is 5.22. The molecule has 0 aliphatic carbocycles. The number of benzene rings is 2. The van der Waals surface area contributed by atoms with Crippen LogP contribution >= 0.6 is 11.6 Å². The van der Waals surface area contributed by atoms with Gasteiger partial charge >= 0.3 is 0 Å². The lowest BCUT2D eigenvalue weighted by Crippen LogP contribution is -2.32. The van der Waals surface area contributed by atoms with E-state index in [1.807, 2.05) is 38.1 Å². The summed E-state index contributed by atoms with van der Waals surface area (Å²) < 4.78 is 5.77. The summed E-state index contributed by atoms with van der Waals surface area (Å²) in [6.07, 6.45) is 1.28. The van der Waals surface area contributed by atoms with Crippen LogP contribution in [0.25, 0.3) is 11.4 Å². The lowest BCUT2D eigenvalue weighted by Gasteiger charge is -2.10. The number of carbonyl (C=O) groups excluding carboxylic acids is 1. The minimum atomic E-state index is -0.347. The predicted octanol–water partition coefficient (Wildman–Crippen LogP) is 3.91. The average Bonchev–Trinajstić information content (AvgIpc) is 2.78. The van der Waals surface area contributed by atoms with Gasteiger partial charge in [-0.2, -0.15) is 0 Å². The third kappa shape index (κ3) is 6.39. The maximum Gasteiger partial charge on any atom is 0.273 e. The first-order chi connectivity index (χ1) is 15.0. The smallest absolute Gasteiger partial charge is 0.273 e. The van der Waals surface area contributed by atoms with Crippen molar-refractivity contribution in [3.8, 4) is 17.1 Å². The van der Waals surface area contributed by atoms with Crippen molar-refractivity contribution in [3.05, 3.63) is 75.2 Å². The Morgan fingerprint density at radius 1 is 1.16 bits per heavy atom. The summed E-state index contributed by atoms with van der Waals surface area (Å²) in [5.41, 5.74) is 1.50. The predicted molar refractivity (Wildman–Crippen MR) is 120 cm³/mol. The molecule has 2 aromatic carbocycles. The van der Waals surface area contributed by atoms with Gasteiger partial charge in [0.1, 0.15) is 18.1 Å². The van der Waals surface area contributed by atoms with E-state index in [2.05, 4.69) is 20.5 Å². The summed E-state index contributed by atoms with van der Waals surface area (Å²) in [4.78, 5) is 27.0. The van der Waals surface area contributed by atoms with E-state index in [0.717, 1.165) is 12.0 Å². The first kappa shape index (κ1) is 22.5. The van der Waals surface area contributed by atoms with Gasteiger partial charge in [0.05, 0.1) is 0 Å². The van der Waals surface area contributed by atoms with E-state index in [-0.39, 0.29) is 36.0 Å². The van der Waals surface area contributed by atoms with Crippen LogP contribution in [0, 0.1) is 0 Å². The molecule has 1 atom stereocenters. The molecule has 1 aromatic heterocycles. The number of amides is 1. The topological polar surface area (TPSA) is 97.0 Å². The van der Waals surface area contributed by atoms with E-state index in [9.17, 15) is 9.59 Å². The molecule has 1 unspecified atom stereocenters. The number of nitrogens with zero attached hydrogens (tertiary/aromatic N) is 2. The first-order valence-corrected chi connectivity index (χ1v) is 10.6. The zero-order chi connectivity index (χ0) is 22.2. The molecule has 0 aliphatic rings. The van der Waals surface area contributed by atoms with Crippen LogP contribution in [0.5, 0.6) is 5.75 Å². The van der Waals surface area contributed by atoms with Crippen molar-refractivity contribution < 1.29 is 9.53 Å². The number of aromatic amines is 1. The van der Waals surface area contributed by atoms with Crippen LogP contribution in [0.2, 0.25) is 5.02 Å². The minimum Gasteiger partial charge on any atom is -0.489 e. The van der Waals surface area contributed by atoms with Crippen molar-refractivity contribution in [1.29, 1.82) is 0 Å². The van der Waals surface area contributed by atoms with Crippen molar-refractivity contribution in [2.24, 2.45) is 0 Å². The Hall–Kier alpha value is -3.19. The summed E-state index contributed by atoms with van der Waals surface area (Å²) in [6.45, 7) is 4.29. The summed E-state index contributed by atoms with van der Waals surface area (Å²) in [5, 5.41) is 11.6. The molecular formula is C23H25ClN4O3. The number of hydrogen-bond acceptors (Lipinski definition) is 5. The van der Waals surface area contributed by atoms with Crippen LogP contribution < -0.4 is 15.6 Å². The highest BCUT2D eigenvalue weighted by Crippen LogP contribution is 2.21. The largest absolute Gasteiger partial charge is 0.489 e. The maximum atomic E-state index is 12.3. The van der Waals surface area contributed by atoms with Gasteiger partial charge in [-0.05, 0) is 43.7 Å². The van der Waals surface area contributed by atoms with E-state index in [1.165, 1.54) is 0 Å². The van der Waals surface area contributed by atoms with Crippen molar-refractivity contribution >= 4 is 17.5 Å². The highest BCUT2D eigenvalue weighted by atomic mass is 35.5. The average molecular weight is 441 g/mol. The van der Waals surface area contributed by atoms with Crippen LogP contribution in [0.4, 0.5) is 0 Å². The zero-order valence-electron chi connectivity index (χ0n) is 17.5. The molecule has 0 saturated heterocycles. The molecule has 0 saturated carbocycles. The molecule has 3 aromatic rings. The van der Waals surface area contributed by atoms with Crippen molar-refractivity contribution in [1.82, 2.24) is 20.5 Å². The Morgan fingerprint density at radius 3 is 2.58 bits per heavy atom. The summed E-state index contributed by atoms with van der Waals surface area (Å²) in [7, 11) is 0. The zero-order valence-corrected chi connectivity index (χ0v) is 18.3. The minimum absolute atomic E-state index is 0.105. The number of H-pyrrole nitrogens is 1. The Morgan fingerprint density at radius 2 is 1.90 bits per heavy atom. The SMILES string of the molecule is CCC(C)NC(=O)CCc1nnc(-c2ccc(OCc3ccccc3Cl)cc2)[nH]c1=O. The lowest BCUT2D eigenvalue weighted by molar-refractivity contribution is -0.121. The summed E-state index contributed by atoms with van der Waals surface area (Å²) >= 11 is 6.14. The summed E-state index contributed by atoms with van der Waals surface area (Å²) in [6, 6.07) is 14.8. The van der Waals surface area contributed by atoms with E-state index in [4.69, 9.17) is 16.3 Å². The first-order valence-electron chi connectivity index (χ1n) is 10.2. The van der Waals surface area contributed by atoms with Crippen LogP contribution in [0.3, 0.4) is 0 Å². The van der Waals surface area contributed by atoms with E-state index >= 15 is 0 Å². The van der Waals surface area contributed by atoms with Gasteiger partial charge in [0.2, 0.25) is 5.91 Å². The molecule has 7 nitrogen and oxygen atoms in total. The number of aryl methyl sites for hydroxylation is 1. The van der Waals surface area contributed by atoms with Crippen LogP contribution in [0.15, 0.2) is 53.3 Å². The number of rotatable bonds is 9. The molecule has 0 bridgehead atoms. The molecule has 31 heavy (non-hydrogen) atoms. The monoisotopic (exact) mass is 440 g/mol. The number of ether oxygens (including phenoxy) is 1. The molecule has 2 N–H and O–H groups in total. The molecule has 0 aliphatic heterocycles. The highest BCUT2D eigenvalue weighted by molar-refractivity contribution is 6.31. The molecule has 162 valence electrons. The van der Waals surface area contributed by atoms with Crippen molar-refractivity contribution in [3.63, 3.8) is 0 Å². The summed E-state index contributed by atoms with van der Waals surface area (Å²) in [5.74, 6) is 0.922. The standard InChI is InChI=1S/C23H25ClN4O3/c1-3-15(2)25-21(29)13-12-20-23(30)26-22(28-27-20)16-8-10-18(11-9-16)31-14-17-6-4-5-7-19(17)24/h4-11,15H,3,12-14H2,1-2H3,(H,25,29)(H,26,28,30). The fourth-order valence-electron chi connectivity index (χ4n) is 2.82. The van der Waals surface area contributed by atoms with E-state index < -0.39 is 0 Å². The fourth-order valence-corrected chi connectivity index (χ4v) is 3.01. The van der Waals surface area contributed by atoms with Gasteiger partial charge in [-0.1, -0.05) is 36.7 Å². The molecule has 1 heterocycles. The van der Waals surface area contributed by atoms with Gasteiger partial charge in [0.25, 0.3) is 5.56 Å². The quantitative estimate of drug-likeness (QED) is 0.525. The fraction of sp³-hybridized carbons (Fsp3) is 0.304. The van der Waals surface area contributed by atoms with Crippen LogP contribution in [-0.4, -0.2) is 27.1 Å². The van der Waals surface area contributed by atoms with Gasteiger partial charge in [-0.25, -0.2) is 0 Å². The van der Waals surface area contributed by atoms with Gasteiger partial charge in [-0.3, -0.25) is 9.59 Å². The molecular weight excluding hydrogens is 416 g/mol. The van der Waals surface area contributed by atoms with Gasteiger partial charge in [0.15, 0.2) is 5.82 Å². The molecule has 0 spiro atoms. The Labute approximate surface area is 185 Å². The van der Waals surface area contributed by atoms with Crippen LogP contribution in [0.1, 0.15) is 37.9 Å². The normalized spacial score (nSPS) is 11.7. The second-order valence-electron chi connectivity index (χ2n) is 7.23. The van der Waals surface area contributed by atoms with E-state index in [0.29, 0.717) is 28.8 Å². The Kier molecular flexibility index (Phi) is 7.78. The number of aromatic nitrogens is 3. The van der Waals surface area contributed by atoms with Crippen molar-refractivity contribution in [2.45, 2.75) is 45.8 Å². The third-order valence-electron chi connectivity index (χ3n) is 4.85. The molecule has 0 radical (unpaired) electrons. The van der Waals surface area contributed by atoms with E-state index in [1.54, 1.807) is 24.3 Å². The Bertz CT molecular complexity index is 1080. The van der Waals surface area contributed by atoms with Gasteiger partial charge in [0, 0.05) is 35.0 Å². The highest BCUT2D eigenvalue weighted by Gasteiger charge is 2.11. The molecule has 0 fully saturated rings. The molecule has 3 rings (SSSR count). The lowest BCUT2D eigenvalue weighted by atomic mass is 10.2. The Balaban J connectivity index is 1.60. The van der Waals surface area contributed by atoms with Crippen LogP contribution in [-0.2, 0) is 17.8 Å². The maximum absolute atomic E-state index is 12.3. The second kappa shape index (κ2) is 10.7. The molecule has 8 heteroatoms. The number of hydrogen-bond donors (Lipinski definition) is 2. The molecule has 1 amide bonds. The van der Waals surface area contributed by atoms with Gasteiger partial charge in [-0.15, -0.1) is 10.2 Å². The number of halogens is 1. The second-order valence-corrected chi connectivity index (χ2v) is 7.64. The number of carbonyl (C=O) groups is 1. The number of nitrogens with one attached hydrogen (secondary N) is 2. The van der Waals surface area contributed by atoms with Gasteiger partial charge < -0.3 is 15.0 Å². The van der Waals surface area contributed by atoms with Crippen molar-refractivity contribution in [2.75, 3.05) is 0 Å².